The third-order valence-electron chi connectivity index (χ3n) is 2.67. The second-order valence-electron chi connectivity index (χ2n) is 3.99. The van der Waals surface area contributed by atoms with Gasteiger partial charge in [0, 0.05) is 11.6 Å². The second kappa shape index (κ2) is 4.60. The summed E-state index contributed by atoms with van der Waals surface area (Å²) in [6.07, 6.45) is 0. The number of rotatable bonds is 1. The van der Waals surface area contributed by atoms with Gasteiger partial charge in [-0.15, -0.1) is 0 Å². The van der Waals surface area contributed by atoms with Gasteiger partial charge in [0.05, 0.1) is 20.8 Å². The van der Waals surface area contributed by atoms with Gasteiger partial charge in [0.2, 0.25) is 5.89 Å². The van der Waals surface area contributed by atoms with Crippen LogP contribution in [0.2, 0.25) is 15.1 Å². The molecular formula is C13H7Cl3N2O. The lowest BCUT2D eigenvalue weighted by Gasteiger charge is -1.98. The van der Waals surface area contributed by atoms with Crippen LogP contribution in [0.15, 0.2) is 34.7 Å². The summed E-state index contributed by atoms with van der Waals surface area (Å²) in [5.41, 5.74) is 8.12. The highest BCUT2D eigenvalue weighted by Gasteiger charge is 2.11. The van der Waals surface area contributed by atoms with Crippen molar-refractivity contribution >= 4 is 51.6 Å². The smallest absolute Gasteiger partial charge is 0.227 e. The highest BCUT2D eigenvalue weighted by molar-refractivity contribution is 6.42. The van der Waals surface area contributed by atoms with Crippen molar-refractivity contribution in [2.45, 2.75) is 0 Å². The number of fused-ring (bicyclic) bond motifs is 1. The van der Waals surface area contributed by atoms with Gasteiger partial charge in [-0.05, 0) is 24.3 Å². The van der Waals surface area contributed by atoms with Crippen LogP contribution in [0.1, 0.15) is 0 Å². The summed E-state index contributed by atoms with van der Waals surface area (Å²) in [7, 11) is 0. The number of hydrogen-bond donors (Lipinski definition) is 1. The zero-order valence-electron chi connectivity index (χ0n) is 9.45. The summed E-state index contributed by atoms with van der Waals surface area (Å²) in [6, 6.07) is 8.47. The van der Waals surface area contributed by atoms with E-state index in [-0.39, 0.29) is 0 Å². The summed E-state index contributed by atoms with van der Waals surface area (Å²) in [4.78, 5) is 4.35. The zero-order chi connectivity index (χ0) is 13.6. The molecule has 0 spiro atoms. The van der Waals surface area contributed by atoms with Crippen molar-refractivity contribution in [3.63, 3.8) is 0 Å². The van der Waals surface area contributed by atoms with Crippen molar-refractivity contribution < 1.29 is 4.42 Å². The first-order valence-electron chi connectivity index (χ1n) is 5.35. The molecule has 0 aliphatic carbocycles. The Morgan fingerprint density at radius 2 is 1.74 bits per heavy atom. The number of halogens is 3. The highest BCUT2D eigenvalue weighted by atomic mass is 35.5. The second-order valence-corrected chi connectivity index (χ2v) is 5.21. The molecule has 2 N–H and O–H groups in total. The molecule has 6 heteroatoms. The summed E-state index contributed by atoms with van der Waals surface area (Å²) in [5, 5.41) is 1.37. The van der Waals surface area contributed by atoms with Gasteiger partial charge in [-0.2, -0.15) is 0 Å². The fourth-order valence-electron chi connectivity index (χ4n) is 1.72. The van der Waals surface area contributed by atoms with E-state index in [1.165, 1.54) is 0 Å². The molecule has 0 bridgehead atoms. The standard InChI is InChI=1S/C13H7Cl3N2O/c14-7-2-1-6(3-8(7)15)13-18-11-4-9(16)10(17)5-12(11)19-13/h1-5H,17H2. The number of hydrogen-bond acceptors (Lipinski definition) is 3. The van der Waals surface area contributed by atoms with E-state index in [2.05, 4.69) is 4.98 Å². The maximum absolute atomic E-state index is 5.97. The molecule has 0 atom stereocenters. The molecular weight excluding hydrogens is 307 g/mol. The third-order valence-corrected chi connectivity index (χ3v) is 3.74. The van der Waals surface area contributed by atoms with E-state index in [1.54, 1.807) is 30.3 Å². The molecule has 0 amide bonds. The van der Waals surface area contributed by atoms with Crippen molar-refractivity contribution in [2.75, 3.05) is 5.73 Å². The molecule has 0 radical (unpaired) electrons. The predicted molar refractivity (Wildman–Crippen MR) is 78.9 cm³/mol. The first-order valence-corrected chi connectivity index (χ1v) is 6.49. The molecule has 0 aliphatic heterocycles. The zero-order valence-corrected chi connectivity index (χ0v) is 11.7. The van der Waals surface area contributed by atoms with Crippen LogP contribution in [-0.2, 0) is 0 Å². The van der Waals surface area contributed by atoms with Crippen molar-refractivity contribution in [3.8, 4) is 11.5 Å². The summed E-state index contributed by atoms with van der Waals surface area (Å²) in [5.74, 6) is 0.440. The van der Waals surface area contributed by atoms with E-state index in [0.29, 0.717) is 37.7 Å². The van der Waals surface area contributed by atoms with E-state index in [4.69, 9.17) is 45.0 Å². The minimum Gasteiger partial charge on any atom is -0.436 e. The molecule has 0 saturated carbocycles. The fourth-order valence-corrected chi connectivity index (χ4v) is 2.17. The monoisotopic (exact) mass is 312 g/mol. The van der Waals surface area contributed by atoms with Crippen LogP contribution in [0.25, 0.3) is 22.6 Å². The lowest BCUT2D eigenvalue weighted by molar-refractivity contribution is 0.620. The van der Waals surface area contributed by atoms with E-state index >= 15 is 0 Å². The van der Waals surface area contributed by atoms with E-state index < -0.39 is 0 Å². The summed E-state index contributed by atoms with van der Waals surface area (Å²) < 4.78 is 5.63. The molecule has 0 aliphatic rings. The van der Waals surface area contributed by atoms with E-state index in [0.717, 1.165) is 5.56 Å². The van der Waals surface area contributed by atoms with Gasteiger partial charge in [0.15, 0.2) is 5.58 Å². The Bertz CT molecular complexity index is 744. The topological polar surface area (TPSA) is 52.0 Å². The van der Waals surface area contributed by atoms with Gasteiger partial charge >= 0.3 is 0 Å². The van der Waals surface area contributed by atoms with Crippen LogP contribution < -0.4 is 5.73 Å². The first kappa shape index (κ1) is 12.6. The van der Waals surface area contributed by atoms with Gasteiger partial charge in [-0.25, -0.2) is 4.98 Å². The normalized spacial score (nSPS) is 11.1. The quantitative estimate of drug-likeness (QED) is 0.640. The number of aromatic nitrogens is 1. The molecule has 96 valence electrons. The van der Waals surface area contributed by atoms with Crippen molar-refractivity contribution in [3.05, 3.63) is 45.4 Å². The Kier molecular flexibility index (Phi) is 3.05. The molecule has 3 aromatic rings. The van der Waals surface area contributed by atoms with Crippen LogP contribution in [-0.4, -0.2) is 4.98 Å². The minimum atomic E-state index is 0.440. The number of nitrogens with zero attached hydrogens (tertiary/aromatic N) is 1. The van der Waals surface area contributed by atoms with Gasteiger partial charge in [-0.1, -0.05) is 34.8 Å². The van der Waals surface area contributed by atoms with E-state index in [9.17, 15) is 0 Å². The average Bonchev–Trinajstić information content (AvgIpc) is 2.76. The number of anilines is 1. The van der Waals surface area contributed by atoms with Gasteiger partial charge in [0.1, 0.15) is 5.52 Å². The summed E-state index contributed by atoms with van der Waals surface area (Å²) in [6.45, 7) is 0. The Labute approximate surface area is 123 Å². The van der Waals surface area contributed by atoms with Crippen LogP contribution in [0.3, 0.4) is 0 Å². The number of nitrogen functional groups attached to an aromatic ring is 1. The predicted octanol–water partition coefficient (Wildman–Crippen LogP) is 5.04. The molecule has 1 aromatic heterocycles. The maximum atomic E-state index is 5.97. The van der Waals surface area contributed by atoms with E-state index in [1.807, 2.05) is 0 Å². The highest BCUT2D eigenvalue weighted by Crippen LogP contribution is 2.32. The average molecular weight is 314 g/mol. The molecule has 19 heavy (non-hydrogen) atoms. The number of nitrogens with two attached hydrogens (primary N) is 1. The SMILES string of the molecule is Nc1cc2oc(-c3ccc(Cl)c(Cl)c3)nc2cc1Cl. The Hall–Kier alpha value is -1.42. The molecule has 3 rings (SSSR count). The van der Waals surface area contributed by atoms with Crippen LogP contribution in [0, 0.1) is 0 Å². The number of oxazole rings is 1. The number of benzene rings is 2. The molecule has 3 nitrogen and oxygen atoms in total. The van der Waals surface area contributed by atoms with Crippen LogP contribution in [0.4, 0.5) is 5.69 Å². The Morgan fingerprint density at radius 3 is 2.47 bits per heavy atom. The van der Waals surface area contributed by atoms with Gasteiger partial charge in [0.25, 0.3) is 0 Å². The molecule has 0 saturated heterocycles. The molecule has 2 aromatic carbocycles. The molecule has 0 fully saturated rings. The van der Waals surface area contributed by atoms with Crippen molar-refractivity contribution in [2.24, 2.45) is 0 Å². The van der Waals surface area contributed by atoms with Crippen molar-refractivity contribution in [1.82, 2.24) is 4.98 Å². The largest absolute Gasteiger partial charge is 0.436 e. The van der Waals surface area contributed by atoms with Crippen LogP contribution in [0.5, 0.6) is 0 Å². The maximum Gasteiger partial charge on any atom is 0.227 e. The summed E-state index contributed by atoms with van der Waals surface area (Å²) >= 11 is 17.8. The molecule has 0 unspecified atom stereocenters. The Morgan fingerprint density at radius 1 is 0.947 bits per heavy atom. The third kappa shape index (κ3) is 2.25. The van der Waals surface area contributed by atoms with Gasteiger partial charge in [-0.3, -0.25) is 0 Å². The first-order chi connectivity index (χ1) is 9.04. The fraction of sp³-hybridized carbons (Fsp3) is 0. The lowest BCUT2D eigenvalue weighted by Crippen LogP contribution is -1.84. The minimum absolute atomic E-state index is 0.440. The molecule has 1 heterocycles. The Balaban J connectivity index is 2.17. The van der Waals surface area contributed by atoms with Gasteiger partial charge < -0.3 is 10.2 Å². The lowest BCUT2D eigenvalue weighted by atomic mass is 10.2. The van der Waals surface area contributed by atoms with Crippen molar-refractivity contribution in [1.29, 1.82) is 0 Å². The van der Waals surface area contributed by atoms with Crippen LogP contribution >= 0.6 is 34.8 Å².